The van der Waals surface area contributed by atoms with Gasteiger partial charge in [-0.2, -0.15) is 8.78 Å². The van der Waals surface area contributed by atoms with Gasteiger partial charge in [-0.25, -0.2) is 0 Å². The number of benzene rings is 1. The zero-order valence-electron chi connectivity index (χ0n) is 14.7. The van der Waals surface area contributed by atoms with Crippen molar-refractivity contribution in [2.45, 2.75) is 26.5 Å². The number of halogens is 2. The number of carbonyl (C=O) groups is 1. The van der Waals surface area contributed by atoms with Gasteiger partial charge in [0.25, 0.3) is 0 Å². The van der Waals surface area contributed by atoms with E-state index in [4.69, 9.17) is 4.74 Å². The van der Waals surface area contributed by atoms with E-state index >= 15 is 0 Å². The molecule has 26 heavy (non-hydrogen) atoms. The number of alkyl halides is 2. The number of nitrogens with one attached hydrogen (secondary N) is 1. The van der Waals surface area contributed by atoms with Gasteiger partial charge in [-0.15, -0.1) is 11.3 Å². The fraction of sp³-hybridized carbons (Fsp3) is 0.316. The Kier molecular flexibility index (Phi) is 7.15. The fourth-order valence-electron chi connectivity index (χ4n) is 2.44. The largest absolute Gasteiger partial charge is 0.493 e. The SMILES string of the molecule is COc1cccc(/C=C/C(=O)NC(c2cccs2)C(C)C)c1OC(F)F. The predicted molar refractivity (Wildman–Crippen MR) is 98.7 cm³/mol. The summed E-state index contributed by atoms with van der Waals surface area (Å²) in [4.78, 5) is 13.4. The molecule has 0 bridgehead atoms. The van der Waals surface area contributed by atoms with E-state index in [2.05, 4.69) is 10.1 Å². The molecule has 140 valence electrons. The predicted octanol–water partition coefficient (Wildman–Crippen LogP) is 4.88. The number of hydrogen-bond donors (Lipinski definition) is 1. The van der Waals surface area contributed by atoms with Gasteiger partial charge < -0.3 is 14.8 Å². The van der Waals surface area contributed by atoms with Gasteiger partial charge in [0.1, 0.15) is 0 Å². The van der Waals surface area contributed by atoms with Crippen molar-refractivity contribution in [1.29, 1.82) is 0 Å². The molecule has 2 rings (SSSR count). The summed E-state index contributed by atoms with van der Waals surface area (Å²) in [5.41, 5.74) is 0.331. The number of amides is 1. The molecule has 1 aromatic heterocycles. The van der Waals surface area contributed by atoms with E-state index in [9.17, 15) is 13.6 Å². The maximum Gasteiger partial charge on any atom is 0.387 e. The van der Waals surface area contributed by atoms with Crippen molar-refractivity contribution in [1.82, 2.24) is 5.32 Å². The molecule has 1 unspecified atom stereocenters. The zero-order valence-corrected chi connectivity index (χ0v) is 15.6. The van der Waals surface area contributed by atoms with Gasteiger partial charge in [0.15, 0.2) is 11.5 Å². The van der Waals surface area contributed by atoms with Gasteiger partial charge in [0.05, 0.1) is 13.2 Å². The second kappa shape index (κ2) is 9.33. The molecule has 1 heterocycles. The molecule has 0 radical (unpaired) electrons. The van der Waals surface area contributed by atoms with Gasteiger partial charge in [0, 0.05) is 16.5 Å². The lowest BCUT2D eigenvalue weighted by atomic mass is 10.0. The molecule has 1 atom stereocenters. The minimum absolute atomic E-state index is 0.104. The van der Waals surface area contributed by atoms with E-state index in [1.807, 2.05) is 31.4 Å². The quantitative estimate of drug-likeness (QED) is 0.663. The molecule has 0 saturated heterocycles. The van der Waals surface area contributed by atoms with Crippen LogP contribution in [0.2, 0.25) is 0 Å². The van der Waals surface area contributed by atoms with Gasteiger partial charge in [-0.3, -0.25) is 4.79 Å². The molecule has 0 aliphatic rings. The summed E-state index contributed by atoms with van der Waals surface area (Å²) in [6, 6.07) is 8.51. The first kappa shape index (κ1) is 19.9. The molecule has 1 amide bonds. The Morgan fingerprint density at radius 1 is 1.23 bits per heavy atom. The number of rotatable bonds is 8. The Morgan fingerprint density at radius 3 is 2.58 bits per heavy atom. The summed E-state index contributed by atoms with van der Waals surface area (Å²) in [6.45, 7) is 1.05. The van der Waals surface area contributed by atoms with Crippen LogP contribution in [0.4, 0.5) is 8.78 Å². The Hall–Kier alpha value is -2.41. The van der Waals surface area contributed by atoms with Gasteiger partial charge in [-0.1, -0.05) is 32.0 Å². The van der Waals surface area contributed by atoms with Crippen LogP contribution < -0.4 is 14.8 Å². The maximum absolute atomic E-state index is 12.7. The summed E-state index contributed by atoms with van der Waals surface area (Å²) in [5.74, 6) is -0.0392. The van der Waals surface area contributed by atoms with E-state index in [0.717, 1.165) is 4.88 Å². The third kappa shape index (κ3) is 5.29. The van der Waals surface area contributed by atoms with E-state index in [1.165, 1.54) is 25.3 Å². The molecule has 0 saturated carbocycles. The van der Waals surface area contributed by atoms with Gasteiger partial charge >= 0.3 is 6.61 Å². The molecule has 1 N–H and O–H groups in total. The second-order valence-electron chi connectivity index (χ2n) is 5.84. The van der Waals surface area contributed by atoms with Gasteiger partial charge in [-0.05, 0) is 29.5 Å². The van der Waals surface area contributed by atoms with Crippen LogP contribution in [0.3, 0.4) is 0 Å². The summed E-state index contributed by atoms with van der Waals surface area (Å²) in [5, 5.41) is 4.90. The van der Waals surface area contributed by atoms with Crippen molar-refractivity contribution in [3.05, 3.63) is 52.2 Å². The second-order valence-corrected chi connectivity index (χ2v) is 6.82. The van der Waals surface area contributed by atoms with E-state index in [1.54, 1.807) is 23.5 Å². The van der Waals surface area contributed by atoms with Crippen molar-refractivity contribution >= 4 is 23.3 Å². The van der Waals surface area contributed by atoms with Crippen LogP contribution in [0.25, 0.3) is 6.08 Å². The van der Waals surface area contributed by atoms with Crippen molar-refractivity contribution in [3.63, 3.8) is 0 Å². The van der Waals surface area contributed by atoms with Crippen molar-refractivity contribution < 1.29 is 23.0 Å². The highest BCUT2D eigenvalue weighted by atomic mass is 32.1. The zero-order chi connectivity index (χ0) is 19.1. The molecule has 4 nitrogen and oxygen atoms in total. The fourth-order valence-corrected chi connectivity index (χ4v) is 3.39. The summed E-state index contributed by atoms with van der Waals surface area (Å²) < 4.78 is 34.9. The first-order chi connectivity index (χ1) is 12.4. The van der Waals surface area contributed by atoms with Crippen LogP contribution >= 0.6 is 11.3 Å². The number of thiophene rings is 1. The molecular formula is C19H21F2NO3S. The van der Waals surface area contributed by atoms with Crippen molar-refractivity contribution in [2.75, 3.05) is 7.11 Å². The lowest BCUT2D eigenvalue weighted by molar-refractivity contribution is -0.117. The summed E-state index contributed by atoms with van der Waals surface area (Å²) in [7, 11) is 1.36. The first-order valence-corrected chi connectivity index (χ1v) is 8.94. The highest BCUT2D eigenvalue weighted by Crippen LogP contribution is 2.33. The number of ether oxygens (including phenoxy) is 2. The average Bonchev–Trinajstić information content (AvgIpc) is 3.12. The number of hydrogen-bond acceptors (Lipinski definition) is 4. The van der Waals surface area contributed by atoms with E-state index in [0.29, 0.717) is 5.56 Å². The molecule has 2 aromatic rings. The first-order valence-electron chi connectivity index (χ1n) is 8.06. The van der Waals surface area contributed by atoms with Crippen LogP contribution in [0, 0.1) is 5.92 Å². The third-order valence-corrected chi connectivity index (χ3v) is 4.62. The minimum Gasteiger partial charge on any atom is -0.493 e. The number of methoxy groups -OCH3 is 1. The smallest absolute Gasteiger partial charge is 0.387 e. The van der Waals surface area contributed by atoms with Crippen LogP contribution in [0.15, 0.2) is 41.8 Å². The molecule has 0 aliphatic heterocycles. The van der Waals surface area contributed by atoms with Crippen molar-refractivity contribution in [2.24, 2.45) is 5.92 Å². The molecular weight excluding hydrogens is 360 g/mol. The molecule has 0 fully saturated rings. The van der Waals surface area contributed by atoms with Crippen molar-refractivity contribution in [3.8, 4) is 11.5 Å². The monoisotopic (exact) mass is 381 g/mol. The Bertz CT molecular complexity index is 745. The maximum atomic E-state index is 12.7. The lowest BCUT2D eigenvalue weighted by Crippen LogP contribution is -2.29. The molecule has 0 spiro atoms. The van der Waals surface area contributed by atoms with Crippen LogP contribution in [-0.2, 0) is 4.79 Å². The van der Waals surface area contributed by atoms with Gasteiger partial charge in [0.2, 0.25) is 5.91 Å². The third-order valence-electron chi connectivity index (χ3n) is 3.66. The highest BCUT2D eigenvalue weighted by molar-refractivity contribution is 7.10. The molecule has 0 aliphatic carbocycles. The Labute approximate surface area is 155 Å². The molecule has 7 heteroatoms. The van der Waals surface area contributed by atoms with E-state index in [-0.39, 0.29) is 29.4 Å². The normalized spacial score (nSPS) is 12.6. The standard InChI is InChI=1S/C19H21F2NO3S/c1-12(2)17(15-8-5-11-26-15)22-16(23)10-9-13-6-4-7-14(24-3)18(13)25-19(20)21/h4-12,17,19H,1-3H3,(H,22,23)/b10-9+. The average molecular weight is 381 g/mol. The highest BCUT2D eigenvalue weighted by Gasteiger charge is 2.18. The Balaban J connectivity index is 2.17. The van der Waals surface area contributed by atoms with E-state index < -0.39 is 6.61 Å². The van der Waals surface area contributed by atoms with Crippen LogP contribution in [0.5, 0.6) is 11.5 Å². The summed E-state index contributed by atoms with van der Waals surface area (Å²) in [6.07, 6.45) is 2.73. The van der Waals surface area contributed by atoms with Crippen LogP contribution in [0.1, 0.15) is 30.3 Å². The number of carbonyl (C=O) groups excluding carboxylic acids is 1. The lowest BCUT2D eigenvalue weighted by Gasteiger charge is -2.20. The Morgan fingerprint density at radius 2 is 2.00 bits per heavy atom. The summed E-state index contributed by atoms with van der Waals surface area (Å²) >= 11 is 1.57. The topological polar surface area (TPSA) is 47.6 Å². The molecule has 1 aromatic carbocycles. The minimum atomic E-state index is -2.99. The van der Waals surface area contributed by atoms with Crippen LogP contribution in [-0.4, -0.2) is 19.6 Å². The number of para-hydroxylation sites is 1.